The van der Waals surface area contributed by atoms with Crippen LogP contribution in [0.5, 0.6) is 0 Å². The zero-order valence-corrected chi connectivity index (χ0v) is 15.8. The van der Waals surface area contributed by atoms with Gasteiger partial charge in [-0.25, -0.2) is 4.79 Å². The van der Waals surface area contributed by atoms with Crippen LogP contribution < -0.4 is 5.32 Å². The summed E-state index contributed by atoms with van der Waals surface area (Å²) in [5.41, 5.74) is 1.68. The third-order valence-corrected chi connectivity index (χ3v) is 4.92. The molecule has 6 heteroatoms. The molecule has 0 fully saturated rings. The van der Waals surface area contributed by atoms with Gasteiger partial charge in [-0.1, -0.05) is 54.2 Å². The Balaban J connectivity index is 1.58. The van der Waals surface area contributed by atoms with Crippen LogP contribution >= 0.6 is 11.8 Å². The smallest absolute Gasteiger partial charge is 0.338 e. The van der Waals surface area contributed by atoms with Crippen molar-refractivity contribution in [3.8, 4) is 0 Å². The van der Waals surface area contributed by atoms with Crippen LogP contribution in [-0.2, 0) is 16.1 Å². The molecule has 0 aliphatic heterocycles. The zero-order valence-electron chi connectivity index (χ0n) is 15.0. The van der Waals surface area contributed by atoms with Gasteiger partial charge >= 0.3 is 5.97 Å². The standard InChI is InChI=1S/C22H19NO4S/c24-14-16-10-12-17(13-11-16)22(26)27-15-21(25)23-19-8-4-5-9-20(19)28-18-6-2-1-3-7-18/h1-13,24H,14-15H2,(H,23,25). The fourth-order valence-corrected chi connectivity index (χ4v) is 3.34. The van der Waals surface area contributed by atoms with Crippen molar-refractivity contribution in [2.24, 2.45) is 0 Å². The highest BCUT2D eigenvalue weighted by Crippen LogP contribution is 2.33. The number of hydrogen-bond donors (Lipinski definition) is 2. The summed E-state index contributed by atoms with van der Waals surface area (Å²) in [4.78, 5) is 26.2. The summed E-state index contributed by atoms with van der Waals surface area (Å²) in [6.07, 6.45) is 0. The molecule has 0 heterocycles. The van der Waals surface area contributed by atoms with Crippen LogP contribution in [-0.4, -0.2) is 23.6 Å². The van der Waals surface area contributed by atoms with E-state index in [1.54, 1.807) is 30.3 Å². The number of carbonyl (C=O) groups is 2. The van der Waals surface area contributed by atoms with E-state index in [2.05, 4.69) is 5.32 Å². The van der Waals surface area contributed by atoms with Gasteiger partial charge in [0.2, 0.25) is 0 Å². The minimum absolute atomic E-state index is 0.0991. The molecule has 2 N–H and O–H groups in total. The lowest BCUT2D eigenvalue weighted by atomic mass is 10.1. The van der Waals surface area contributed by atoms with Gasteiger partial charge in [0.25, 0.3) is 5.91 Å². The fraction of sp³-hybridized carbons (Fsp3) is 0.0909. The lowest BCUT2D eigenvalue weighted by Crippen LogP contribution is -2.21. The van der Waals surface area contributed by atoms with E-state index in [1.807, 2.05) is 48.5 Å². The number of aliphatic hydroxyl groups excluding tert-OH is 1. The molecule has 5 nitrogen and oxygen atoms in total. The van der Waals surface area contributed by atoms with Gasteiger partial charge in [-0.05, 0) is 42.0 Å². The quantitative estimate of drug-likeness (QED) is 0.591. The van der Waals surface area contributed by atoms with Crippen molar-refractivity contribution in [2.75, 3.05) is 11.9 Å². The normalized spacial score (nSPS) is 10.3. The lowest BCUT2D eigenvalue weighted by Gasteiger charge is -2.11. The molecule has 0 atom stereocenters. The van der Waals surface area contributed by atoms with Crippen LogP contribution in [0.3, 0.4) is 0 Å². The number of nitrogens with one attached hydrogen (secondary N) is 1. The highest BCUT2D eigenvalue weighted by Gasteiger charge is 2.12. The van der Waals surface area contributed by atoms with Crippen LogP contribution in [0.15, 0.2) is 88.7 Å². The lowest BCUT2D eigenvalue weighted by molar-refractivity contribution is -0.119. The number of anilines is 1. The van der Waals surface area contributed by atoms with Crippen molar-refractivity contribution in [3.05, 3.63) is 90.0 Å². The van der Waals surface area contributed by atoms with E-state index >= 15 is 0 Å². The van der Waals surface area contributed by atoms with Gasteiger partial charge in [0.05, 0.1) is 17.9 Å². The number of rotatable bonds is 7. The van der Waals surface area contributed by atoms with Crippen LogP contribution in [0.4, 0.5) is 5.69 Å². The number of esters is 1. The van der Waals surface area contributed by atoms with E-state index in [4.69, 9.17) is 9.84 Å². The zero-order chi connectivity index (χ0) is 19.8. The summed E-state index contributed by atoms with van der Waals surface area (Å²) in [7, 11) is 0. The summed E-state index contributed by atoms with van der Waals surface area (Å²) >= 11 is 1.54. The molecule has 0 radical (unpaired) electrons. The third kappa shape index (κ3) is 5.45. The van der Waals surface area contributed by atoms with E-state index in [9.17, 15) is 9.59 Å². The molecular formula is C22H19NO4S. The molecule has 1 amide bonds. The van der Waals surface area contributed by atoms with Crippen molar-refractivity contribution in [2.45, 2.75) is 16.4 Å². The molecule has 0 bridgehead atoms. The van der Waals surface area contributed by atoms with E-state index in [0.29, 0.717) is 16.8 Å². The maximum absolute atomic E-state index is 12.2. The maximum atomic E-state index is 12.2. The second-order valence-electron chi connectivity index (χ2n) is 5.89. The number of ether oxygens (including phenoxy) is 1. The van der Waals surface area contributed by atoms with Crippen LogP contribution in [0, 0.1) is 0 Å². The Morgan fingerprint density at radius 1 is 0.893 bits per heavy atom. The predicted octanol–water partition coefficient (Wildman–Crippen LogP) is 4.13. The summed E-state index contributed by atoms with van der Waals surface area (Å²) < 4.78 is 5.07. The molecule has 3 rings (SSSR count). The van der Waals surface area contributed by atoms with Gasteiger partial charge in [-0.3, -0.25) is 4.79 Å². The number of aliphatic hydroxyl groups is 1. The van der Waals surface area contributed by atoms with Gasteiger partial charge < -0.3 is 15.2 Å². The van der Waals surface area contributed by atoms with Crippen molar-refractivity contribution in [1.29, 1.82) is 0 Å². The second kappa shape index (κ2) is 9.73. The van der Waals surface area contributed by atoms with E-state index < -0.39 is 11.9 Å². The maximum Gasteiger partial charge on any atom is 0.338 e. The van der Waals surface area contributed by atoms with Crippen LogP contribution in [0.25, 0.3) is 0 Å². The summed E-state index contributed by atoms with van der Waals surface area (Å²) in [5, 5.41) is 11.8. The molecule has 0 aliphatic rings. The minimum Gasteiger partial charge on any atom is -0.452 e. The number of carbonyl (C=O) groups excluding carboxylic acids is 2. The van der Waals surface area contributed by atoms with E-state index in [1.165, 1.54) is 11.8 Å². The summed E-state index contributed by atoms with van der Waals surface area (Å²) in [6.45, 7) is -0.483. The molecule has 0 aliphatic carbocycles. The number of amides is 1. The van der Waals surface area contributed by atoms with Crippen molar-refractivity contribution < 1.29 is 19.4 Å². The minimum atomic E-state index is -0.591. The summed E-state index contributed by atoms with van der Waals surface area (Å²) in [6, 6.07) is 23.7. The molecular weight excluding hydrogens is 374 g/mol. The second-order valence-corrected chi connectivity index (χ2v) is 7.01. The number of para-hydroxylation sites is 1. The van der Waals surface area contributed by atoms with Gasteiger partial charge in [0.15, 0.2) is 6.61 Å². The fourth-order valence-electron chi connectivity index (χ4n) is 2.42. The molecule has 3 aromatic carbocycles. The Labute approximate surface area is 167 Å². The SMILES string of the molecule is O=C(COC(=O)c1ccc(CO)cc1)Nc1ccccc1Sc1ccccc1. The Morgan fingerprint density at radius 2 is 1.57 bits per heavy atom. The Hall–Kier alpha value is -3.09. The first-order valence-electron chi connectivity index (χ1n) is 8.64. The number of benzene rings is 3. The first-order valence-corrected chi connectivity index (χ1v) is 9.46. The molecule has 142 valence electrons. The van der Waals surface area contributed by atoms with E-state index in [0.717, 1.165) is 9.79 Å². The Kier molecular flexibility index (Phi) is 6.84. The molecule has 28 heavy (non-hydrogen) atoms. The largest absolute Gasteiger partial charge is 0.452 e. The Morgan fingerprint density at radius 3 is 2.29 bits per heavy atom. The predicted molar refractivity (Wildman–Crippen MR) is 108 cm³/mol. The third-order valence-electron chi connectivity index (χ3n) is 3.84. The molecule has 3 aromatic rings. The number of hydrogen-bond acceptors (Lipinski definition) is 5. The van der Waals surface area contributed by atoms with Crippen LogP contribution in [0.2, 0.25) is 0 Å². The molecule has 0 saturated carbocycles. The molecule has 0 unspecified atom stereocenters. The monoisotopic (exact) mass is 393 g/mol. The van der Waals surface area contributed by atoms with Crippen molar-refractivity contribution in [1.82, 2.24) is 0 Å². The topological polar surface area (TPSA) is 75.6 Å². The van der Waals surface area contributed by atoms with Gasteiger partial charge in [-0.2, -0.15) is 0 Å². The van der Waals surface area contributed by atoms with Crippen molar-refractivity contribution in [3.63, 3.8) is 0 Å². The van der Waals surface area contributed by atoms with Crippen molar-refractivity contribution >= 4 is 29.3 Å². The average molecular weight is 393 g/mol. The first-order chi connectivity index (χ1) is 13.7. The Bertz CT molecular complexity index is 942. The van der Waals surface area contributed by atoms with Gasteiger partial charge in [0, 0.05) is 9.79 Å². The summed E-state index contributed by atoms with van der Waals surface area (Å²) in [5.74, 6) is -1.01. The van der Waals surface area contributed by atoms with E-state index in [-0.39, 0.29) is 13.2 Å². The average Bonchev–Trinajstić information content (AvgIpc) is 2.74. The molecule has 0 saturated heterocycles. The first kappa shape index (κ1) is 19.7. The van der Waals surface area contributed by atoms with Crippen LogP contribution in [0.1, 0.15) is 15.9 Å². The van der Waals surface area contributed by atoms with Gasteiger partial charge in [0.1, 0.15) is 0 Å². The molecule has 0 aromatic heterocycles. The highest BCUT2D eigenvalue weighted by molar-refractivity contribution is 7.99. The van der Waals surface area contributed by atoms with Gasteiger partial charge in [-0.15, -0.1) is 0 Å². The molecule has 0 spiro atoms. The highest BCUT2D eigenvalue weighted by atomic mass is 32.2.